The van der Waals surface area contributed by atoms with Crippen LogP contribution in [0.25, 0.3) is 0 Å². The minimum absolute atomic E-state index is 0.152. The molecule has 1 aliphatic rings. The van der Waals surface area contributed by atoms with Crippen molar-refractivity contribution in [2.75, 3.05) is 13.2 Å². The summed E-state index contributed by atoms with van der Waals surface area (Å²) >= 11 is 0. The highest BCUT2D eigenvalue weighted by molar-refractivity contribution is 5.41. The van der Waals surface area contributed by atoms with Gasteiger partial charge in [0.15, 0.2) is 0 Å². The molecule has 1 saturated heterocycles. The molecule has 0 aromatic heterocycles. The molecular weight excluding hydrogens is 188 g/mol. The maximum Gasteiger partial charge on any atom is 0.130 e. The smallest absolute Gasteiger partial charge is 0.130 e. The van der Waals surface area contributed by atoms with Gasteiger partial charge in [0, 0.05) is 11.0 Å². The van der Waals surface area contributed by atoms with Gasteiger partial charge in [-0.25, -0.2) is 0 Å². The van der Waals surface area contributed by atoms with Gasteiger partial charge in [-0.3, -0.25) is 0 Å². The van der Waals surface area contributed by atoms with E-state index in [0.29, 0.717) is 0 Å². The Morgan fingerprint density at radius 1 is 1.47 bits per heavy atom. The number of rotatable bonds is 4. The molecule has 0 spiro atoms. The predicted molar refractivity (Wildman–Crippen MR) is 60.1 cm³/mol. The maximum atomic E-state index is 5.43. The molecule has 0 amide bonds. The summed E-state index contributed by atoms with van der Waals surface area (Å²) in [6.45, 7) is 7.37. The Hall–Kier alpha value is -1.28. The molecule has 0 aliphatic carbocycles. The largest absolute Gasteiger partial charge is 0.465 e. The molecular formula is C13H16O2. The van der Waals surface area contributed by atoms with Crippen LogP contribution < -0.4 is 4.74 Å². The van der Waals surface area contributed by atoms with E-state index in [1.54, 1.807) is 0 Å². The monoisotopic (exact) mass is 204 g/mol. The fourth-order valence-electron chi connectivity index (χ4n) is 2.00. The maximum absolute atomic E-state index is 5.43. The van der Waals surface area contributed by atoms with Crippen LogP contribution in [0.15, 0.2) is 37.1 Å². The van der Waals surface area contributed by atoms with Crippen LogP contribution >= 0.6 is 0 Å². The summed E-state index contributed by atoms with van der Waals surface area (Å²) in [4.78, 5) is 0. The number of ether oxygens (including phenoxy) is 2. The third kappa shape index (κ3) is 1.65. The molecule has 0 saturated carbocycles. The van der Waals surface area contributed by atoms with E-state index in [0.717, 1.165) is 25.4 Å². The fraction of sp³-hybridized carbons (Fsp3) is 0.385. The van der Waals surface area contributed by atoms with Gasteiger partial charge < -0.3 is 9.47 Å². The SMILES string of the molecule is C=COc1ccccc1C1(CC)COC1. The van der Waals surface area contributed by atoms with Crippen molar-refractivity contribution in [2.45, 2.75) is 18.8 Å². The van der Waals surface area contributed by atoms with Crippen LogP contribution in [0.3, 0.4) is 0 Å². The van der Waals surface area contributed by atoms with Crippen LogP contribution in [0.5, 0.6) is 5.75 Å². The summed E-state index contributed by atoms with van der Waals surface area (Å²) in [6.07, 6.45) is 2.55. The number of benzene rings is 1. The van der Waals surface area contributed by atoms with Crippen molar-refractivity contribution in [2.24, 2.45) is 0 Å². The Morgan fingerprint density at radius 2 is 2.20 bits per heavy atom. The van der Waals surface area contributed by atoms with E-state index in [4.69, 9.17) is 9.47 Å². The molecule has 2 heteroatoms. The molecule has 2 nitrogen and oxygen atoms in total. The van der Waals surface area contributed by atoms with Crippen LogP contribution in [-0.4, -0.2) is 13.2 Å². The zero-order chi connectivity index (χ0) is 10.7. The number of hydrogen-bond acceptors (Lipinski definition) is 2. The van der Waals surface area contributed by atoms with E-state index >= 15 is 0 Å². The lowest BCUT2D eigenvalue weighted by Crippen LogP contribution is -2.46. The first-order valence-corrected chi connectivity index (χ1v) is 5.27. The highest BCUT2D eigenvalue weighted by Crippen LogP contribution is 2.40. The average molecular weight is 204 g/mol. The molecule has 1 aromatic rings. The molecule has 0 bridgehead atoms. The summed E-state index contributed by atoms with van der Waals surface area (Å²) in [5.41, 5.74) is 1.39. The summed E-state index contributed by atoms with van der Waals surface area (Å²) < 4.78 is 10.8. The van der Waals surface area contributed by atoms with Crippen LogP contribution in [-0.2, 0) is 10.2 Å². The lowest BCUT2D eigenvalue weighted by Gasteiger charge is -2.41. The number of hydrogen-bond donors (Lipinski definition) is 0. The van der Waals surface area contributed by atoms with Crippen molar-refractivity contribution in [1.29, 1.82) is 0 Å². The lowest BCUT2D eigenvalue weighted by atomic mass is 9.76. The van der Waals surface area contributed by atoms with Gasteiger partial charge in [0.2, 0.25) is 0 Å². The van der Waals surface area contributed by atoms with Gasteiger partial charge in [-0.2, -0.15) is 0 Å². The Labute approximate surface area is 90.5 Å². The van der Waals surface area contributed by atoms with Gasteiger partial charge in [-0.1, -0.05) is 31.7 Å². The van der Waals surface area contributed by atoms with Crippen LogP contribution in [0, 0.1) is 0 Å². The molecule has 0 radical (unpaired) electrons. The van der Waals surface area contributed by atoms with Crippen molar-refractivity contribution in [1.82, 2.24) is 0 Å². The highest BCUT2D eigenvalue weighted by atomic mass is 16.5. The Bertz CT molecular complexity index is 348. The molecule has 0 N–H and O–H groups in total. The lowest BCUT2D eigenvalue weighted by molar-refractivity contribution is -0.0627. The van der Waals surface area contributed by atoms with Gasteiger partial charge in [0.1, 0.15) is 5.75 Å². The molecule has 2 rings (SSSR count). The van der Waals surface area contributed by atoms with Gasteiger partial charge >= 0.3 is 0 Å². The normalized spacial score (nSPS) is 17.9. The second-order valence-corrected chi connectivity index (χ2v) is 3.91. The van der Waals surface area contributed by atoms with Gasteiger partial charge in [0.25, 0.3) is 0 Å². The molecule has 15 heavy (non-hydrogen) atoms. The van der Waals surface area contributed by atoms with Gasteiger partial charge in [0.05, 0.1) is 19.5 Å². The topological polar surface area (TPSA) is 18.5 Å². The molecule has 1 aromatic carbocycles. The predicted octanol–water partition coefficient (Wildman–Crippen LogP) is 2.89. The van der Waals surface area contributed by atoms with Gasteiger partial charge in [-0.05, 0) is 12.5 Å². The Morgan fingerprint density at radius 3 is 2.73 bits per heavy atom. The zero-order valence-electron chi connectivity index (χ0n) is 9.03. The summed E-state index contributed by atoms with van der Waals surface area (Å²) in [5.74, 6) is 0.901. The summed E-state index contributed by atoms with van der Waals surface area (Å²) in [7, 11) is 0. The van der Waals surface area contributed by atoms with E-state index in [2.05, 4.69) is 19.6 Å². The second-order valence-electron chi connectivity index (χ2n) is 3.91. The second kappa shape index (κ2) is 4.07. The van der Waals surface area contributed by atoms with E-state index in [9.17, 15) is 0 Å². The van der Waals surface area contributed by atoms with Crippen molar-refractivity contribution in [3.63, 3.8) is 0 Å². The third-order valence-electron chi connectivity index (χ3n) is 3.10. The first kappa shape index (κ1) is 10.2. The van der Waals surface area contributed by atoms with Crippen molar-refractivity contribution >= 4 is 0 Å². The van der Waals surface area contributed by atoms with E-state index in [1.165, 1.54) is 11.8 Å². The molecule has 80 valence electrons. The van der Waals surface area contributed by atoms with E-state index < -0.39 is 0 Å². The molecule has 1 fully saturated rings. The molecule has 0 unspecified atom stereocenters. The molecule has 1 heterocycles. The fourth-order valence-corrected chi connectivity index (χ4v) is 2.00. The molecule has 1 aliphatic heterocycles. The quantitative estimate of drug-likeness (QED) is 0.702. The first-order valence-electron chi connectivity index (χ1n) is 5.27. The Kier molecular flexibility index (Phi) is 2.78. The average Bonchev–Trinajstić information content (AvgIpc) is 2.20. The highest BCUT2D eigenvalue weighted by Gasteiger charge is 2.40. The van der Waals surface area contributed by atoms with E-state index in [1.807, 2.05) is 18.2 Å². The van der Waals surface area contributed by atoms with Crippen LogP contribution in [0.1, 0.15) is 18.9 Å². The van der Waals surface area contributed by atoms with Crippen molar-refractivity contribution < 1.29 is 9.47 Å². The van der Waals surface area contributed by atoms with Gasteiger partial charge in [-0.15, -0.1) is 0 Å². The van der Waals surface area contributed by atoms with Crippen molar-refractivity contribution in [3.05, 3.63) is 42.7 Å². The minimum atomic E-state index is 0.152. The number of para-hydroxylation sites is 1. The summed E-state index contributed by atoms with van der Waals surface area (Å²) in [5, 5.41) is 0. The third-order valence-corrected chi connectivity index (χ3v) is 3.10. The Balaban J connectivity index is 2.37. The summed E-state index contributed by atoms with van der Waals surface area (Å²) in [6, 6.07) is 8.11. The minimum Gasteiger partial charge on any atom is -0.465 e. The van der Waals surface area contributed by atoms with E-state index in [-0.39, 0.29) is 5.41 Å². The van der Waals surface area contributed by atoms with Crippen molar-refractivity contribution in [3.8, 4) is 5.75 Å². The van der Waals surface area contributed by atoms with Crippen LogP contribution in [0.2, 0.25) is 0 Å². The standard InChI is InChI=1S/C13H16O2/c1-3-13(9-14-10-13)11-7-5-6-8-12(11)15-4-2/h4-8H,2-3,9-10H2,1H3. The first-order chi connectivity index (χ1) is 7.32. The van der Waals surface area contributed by atoms with Crippen LogP contribution in [0.4, 0.5) is 0 Å². The molecule has 0 atom stereocenters. The zero-order valence-corrected chi connectivity index (χ0v) is 9.03.